The zero-order valence-electron chi connectivity index (χ0n) is 10.5. The first-order valence-corrected chi connectivity index (χ1v) is 6.01. The fourth-order valence-corrected chi connectivity index (χ4v) is 1.74. The molecule has 4 heteroatoms. The molecule has 16 heavy (non-hydrogen) atoms. The summed E-state index contributed by atoms with van der Waals surface area (Å²) in [5.41, 5.74) is 0. The number of hydrogen-bond donors (Lipinski definition) is 4. The Morgan fingerprint density at radius 2 is 1.25 bits per heavy atom. The molecular weight excluding hydrogens is 208 g/mol. The molecule has 0 aromatic rings. The van der Waals surface area contributed by atoms with Gasteiger partial charge in [0.25, 0.3) is 0 Å². The summed E-state index contributed by atoms with van der Waals surface area (Å²) in [6, 6.07) is 0. The Labute approximate surface area is 97.9 Å². The second-order valence-corrected chi connectivity index (χ2v) is 5.00. The molecule has 0 saturated heterocycles. The molecular formula is C12H26O4. The molecule has 0 rings (SSSR count). The summed E-state index contributed by atoms with van der Waals surface area (Å²) in [5, 5.41) is 37.3. The van der Waals surface area contributed by atoms with Crippen molar-refractivity contribution in [1.29, 1.82) is 0 Å². The Morgan fingerprint density at radius 1 is 0.750 bits per heavy atom. The predicted octanol–water partition coefficient (Wildman–Crippen LogP) is 0.524. The van der Waals surface area contributed by atoms with E-state index in [1.807, 2.05) is 13.8 Å². The molecule has 4 nitrogen and oxygen atoms in total. The van der Waals surface area contributed by atoms with Gasteiger partial charge in [-0.1, -0.05) is 13.8 Å². The van der Waals surface area contributed by atoms with Gasteiger partial charge in [-0.3, -0.25) is 0 Å². The smallest absolute Gasteiger partial charge is 0.0589 e. The minimum Gasteiger partial charge on any atom is -0.396 e. The van der Waals surface area contributed by atoms with Gasteiger partial charge in [0.1, 0.15) is 0 Å². The summed E-state index contributed by atoms with van der Waals surface area (Å²) in [6.07, 6.45) is -0.632. The van der Waals surface area contributed by atoms with Crippen molar-refractivity contribution in [3.05, 3.63) is 0 Å². The van der Waals surface area contributed by atoms with Gasteiger partial charge in [0, 0.05) is 6.61 Å². The normalized spacial score (nSPS) is 21.2. The number of aliphatic hydroxyl groups excluding tert-OH is 4. The summed E-state index contributed by atoms with van der Waals surface area (Å²) in [7, 11) is 0. The Hall–Kier alpha value is -0.160. The summed E-state index contributed by atoms with van der Waals surface area (Å²) in [5.74, 6) is 0.377. The molecule has 0 aliphatic carbocycles. The second kappa shape index (κ2) is 8.01. The van der Waals surface area contributed by atoms with Crippen LogP contribution in [0.2, 0.25) is 0 Å². The van der Waals surface area contributed by atoms with Crippen LogP contribution in [0.15, 0.2) is 0 Å². The Kier molecular flexibility index (Phi) is 7.93. The van der Waals surface area contributed by atoms with Crippen molar-refractivity contribution in [3.63, 3.8) is 0 Å². The summed E-state index contributed by atoms with van der Waals surface area (Å²) >= 11 is 0. The van der Waals surface area contributed by atoms with Crippen LogP contribution in [0.25, 0.3) is 0 Å². The van der Waals surface area contributed by atoms with Gasteiger partial charge >= 0.3 is 0 Å². The highest BCUT2D eigenvalue weighted by atomic mass is 16.3. The fourth-order valence-electron chi connectivity index (χ4n) is 1.74. The molecule has 4 N–H and O–H groups in total. The molecule has 0 spiro atoms. The lowest BCUT2D eigenvalue weighted by Crippen LogP contribution is -2.25. The Balaban J connectivity index is 3.84. The maximum atomic E-state index is 9.72. The molecule has 0 amide bonds. The molecule has 0 fully saturated rings. The van der Waals surface area contributed by atoms with E-state index in [2.05, 4.69) is 0 Å². The lowest BCUT2D eigenvalue weighted by atomic mass is 9.89. The Bertz CT molecular complexity index is 172. The lowest BCUT2D eigenvalue weighted by Gasteiger charge is -2.22. The van der Waals surface area contributed by atoms with Gasteiger partial charge in [0.05, 0.1) is 18.3 Å². The molecule has 5 unspecified atom stereocenters. The first-order valence-electron chi connectivity index (χ1n) is 6.01. The number of hydrogen-bond acceptors (Lipinski definition) is 4. The molecule has 0 bridgehead atoms. The van der Waals surface area contributed by atoms with Crippen LogP contribution in [0.3, 0.4) is 0 Å². The van der Waals surface area contributed by atoms with Crippen molar-refractivity contribution in [2.45, 2.75) is 58.3 Å². The minimum atomic E-state index is -0.661. The largest absolute Gasteiger partial charge is 0.396 e. The second-order valence-electron chi connectivity index (χ2n) is 5.00. The molecule has 0 radical (unpaired) electrons. The third kappa shape index (κ3) is 7.17. The van der Waals surface area contributed by atoms with Gasteiger partial charge in [-0.25, -0.2) is 0 Å². The molecule has 98 valence electrons. The van der Waals surface area contributed by atoms with Crippen molar-refractivity contribution in [2.75, 3.05) is 6.61 Å². The Morgan fingerprint density at radius 3 is 1.69 bits per heavy atom. The van der Waals surface area contributed by atoms with Gasteiger partial charge in [-0.15, -0.1) is 0 Å². The van der Waals surface area contributed by atoms with E-state index in [0.29, 0.717) is 12.8 Å². The molecule has 0 aromatic heterocycles. The minimum absolute atomic E-state index is 0.115. The van der Waals surface area contributed by atoms with Crippen molar-refractivity contribution in [2.24, 2.45) is 11.8 Å². The third-order valence-electron chi connectivity index (χ3n) is 3.06. The highest BCUT2D eigenvalue weighted by molar-refractivity contribution is 4.70. The number of rotatable bonds is 8. The van der Waals surface area contributed by atoms with Crippen LogP contribution in [0.5, 0.6) is 0 Å². The molecule has 0 heterocycles. The molecule has 0 saturated carbocycles. The molecule has 5 atom stereocenters. The SMILES string of the molecule is CC(O)CC(O)CC(O)CC(C)C(C)CO. The average Bonchev–Trinajstić information content (AvgIpc) is 2.14. The van der Waals surface area contributed by atoms with Crippen molar-refractivity contribution >= 4 is 0 Å². The van der Waals surface area contributed by atoms with Gasteiger partial charge in [0.2, 0.25) is 0 Å². The maximum Gasteiger partial charge on any atom is 0.0589 e. The van der Waals surface area contributed by atoms with E-state index in [9.17, 15) is 10.2 Å². The highest BCUT2D eigenvalue weighted by Gasteiger charge is 2.19. The first kappa shape index (κ1) is 15.8. The first-order chi connectivity index (χ1) is 7.36. The topological polar surface area (TPSA) is 80.9 Å². The zero-order valence-corrected chi connectivity index (χ0v) is 10.5. The van der Waals surface area contributed by atoms with Crippen molar-refractivity contribution in [3.8, 4) is 0 Å². The summed E-state index contributed by atoms with van der Waals surface area (Å²) in [6.45, 7) is 5.64. The van der Waals surface area contributed by atoms with E-state index >= 15 is 0 Å². The van der Waals surface area contributed by atoms with E-state index in [-0.39, 0.29) is 24.9 Å². The van der Waals surface area contributed by atoms with E-state index < -0.39 is 18.3 Å². The van der Waals surface area contributed by atoms with Gasteiger partial charge < -0.3 is 20.4 Å². The maximum absolute atomic E-state index is 9.72. The van der Waals surface area contributed by atoms with E-state index in [0.717, 1.165) is 0 Å². The van der Waals surface area contributed by atoms with Crippen LogP contribution < -0.4 is 0 Å². The van der Waals surface area contributed by atoms with Crippen LogP contribution >= 0.6 is 0 Å². The van der Waals surface area contributed by atoms with E-state index in [1.54, 1.807) is 6.92 Å². The van der Waals surface area contributed by atoms with Crippen LogP contribution in [0, 0.1) is 11.8 Å². The molecule has 0 aliphatic rings. The third-order valence-corrected chi connectivity index (χ3v) is 3.06. The highest BCUT2D eigenvalue weighted by Crippen LogP contribution is 2.19. The molecule has 0 aromatic carbocycles. The standard InChI is InChI=1S/C12H26O4/c1-8(9(2)7-13)4-11(15)6-12(16)5-10(3)14/h8-16H,4-7H2,1-3H3. The summed E-state index contributed by atoms with van der Waals surface area (Å²) < 4.78 is 0. The zero-order chi connectivity index (χ0) is 12.7. The van der Waals surface area contributed by atoms with E-state index in [1.165, 1.54) is 0 Å². The number of aliphatic hydroxyl groups is 4. The van der Waals surface area contributed by atoms with Crippen LogP contribution in [-0.2, 0) is 0 Å². The van der Waals surface area contributed by atoms with Crippen LogP contribution in [-0.4, -0.2) is 45.3 Å². The van der Waals surface area contributed by atoms with Crippen molar-refractivity contribution < 1.29 is 20.4 Å². The van der Waals surface area contributed by atoms with Gasteiger partial charge in [-0.2, -0.15) is 0 Å². The van der Waals surface area contributed by atoms with Crippen molar-refractivity contribution in [1.82, 2.24) is 0 Å². The molecule has 0 aliphatic heterocycles. The van der Waals surface area contributed by atoms with Gasteiger partial charge in [-0.05, 0) is 38.0 Å². The van der Waals surface area contributed by atoms with E-state index in [4.69, 9.17) is 10.2 Å². The quantitative estimate of drug-likeness (QED) is 0.494. The van der Waals surface area contributed by atoms with Crippen LogP contribution in [0.1, 0.15) is 40.0 Å². The predicted molar refractivity (Wildman–Crippen MR) is 63.0 cm³/mol. The monoisotopic (exact) mass is 234 g/mol. The summed E-state index contributed by atoms with van der Waals surface area (Å²) in [4.78, 5) is 0. The van der Waals surface area contributed by atoms with Crippen LogP contribution in [0.4, 0.5) is 0 Å². The fraction of sp³-hybridized carbons (Fsp3) is 1.00. The lowest BCUT2D eigenvalue weighted by molar-refractivity contribution is 0.0317. The average molecular weight is 234 g/mol. The van der Waals surface area contributed by atoms with Gasteiger partial charge in [0.15, 0.2) is 0 Å².